The minimum Gasteiger partial charge on any atom is -0.299 e. The number of nitrogens with zero attached hydrogens (tertiary/aromatic N) is 3. The van der Waals surface area contributed by atoms with Gasteiger partial charge in [-0.25, -0.2) is 0 Å². The fraction of sp³-hybridized carbons (Fsp3) is 0.211. The maximum absolute atomic E-state index is 12.9. The first-order valence-electron chi connectivity index (χ1n) is 8.02. The Morgan fingerprint density at radius 2 is 1.88 bits per heavy atom. The number of hydrogen-bond donors (Lipinski definition) is 1. The van der Waals surface area contributed by atoms with Gasteiger partial charge in [0.1, 0.15) is 11.6 Å². The quantitative estimate of drug-likeness (QED) is 0.735. The van der Waals surface area contributed by atoms with Gasteiger partial charge >= 0.3 is 0 Å². The Bertz CT molecular complexity index is 820. The van der Waals surface area contributed by atoms with Crippen molar-refractivity contribution in [2.24, 2.45) is 0 Å². The minimum absolute atomic E-state index is 0.112. The van der Waals surface area contributed by atoms with Crippen molar-refractivity contribution in [2.45, 2.75) is 19.5 Å². The minimum atomic E-state index is -0.412. The Hall–Kier alpha value is -2.57. The molecule has 3 rings (SSSR count). The lowest BCUT2D eigenvalue weighted by atomic mass is 10.0. The zero-order valence-corrected chi connectivity index (χ0v) is 15.0. The Labute approximate surface area is 151 Å². The van der Waals surface area contributed by atoms with Crippen LogP contribution in [-0.4, -0.2) is 28.1 Å². The van der Waals surface area contributed by atoms with Gasteiger partial charge in [0.15, 0.2) is 0 Å². The zero-order valence-electron chi connectivity index (χ0n) is 14.2. The van der Waals surface area contributed by atoms with E-state index in [1.807, 2.05) is 54.4 Å². The van der Waals surface area contributed by atoms with Crippen LogP contribution in [0.2, 0.25) is 0 Å². The predicted molar refractivity (Wildman–Crippen MR) is 100 cm³/mol. The standard InChI is InChI=1S/C19H20N4OS/c1-14-8-6-7-11-16(14)12-23(2)17(15-9-4-3-5-10-15)18(24)21-19-22-20-13-25-19/h3-11,13,17H,12H2,1-2H3,(H,21,22,24). The van der Waals surface area contributed by atoms with Crippen LogP contribution in [0.1, 0.15) is 22.7 Å². The molecular formula is C19H20N4OS. The van der Waals surface area contributed by atoms with Crippen LogP contribution >= 0.6 is 11.3 Å². The third-order valence-corrected chi connectivity index (χ3v) is 4.68. The van der Waals surface area contributed by atoms with E-state index in [0.29, 0.717) is 11.7 Å². The largest absolute Gasteiger partial charge is 0.299 e. The lowest BCUT2D eigenvalue weighted by Crippen LogP contribution is -2.34. The van der Waals surface area contributed by atoms with Gasteiger partial charge in [-0.1, -0.05) is 65.9 Å². The van der Waals surface area contributed by atoms with Gasteiger partial charge in [-0.15, -0.1) is 10.2 Å². The van der Waals surface area contributed by atoms with E-state index in [9.17, 15) is 4.79 Å². The first-order chi connectivity index (χ1) is 12.1. The Morgan fingerprint density at radius 3 is 2.56 bits per heavy atom. The summed E-state index contributed by atoms with van der Waals surface area (Å²) in [5.74, 6) is -0.112. The molecule has 25 heavy (non-hydrogen) atoms. The topological polar surface area (TPSA) is 58.1 Å². The molecule has 0 spiro atoms. The van der Waals surface area contributed by atoms with E-state index < -0.39 is 6.04 Å². The first-order valence-corrected chi connectivity index (χ1v) is 8.90. The second kappa shape index (κ2) is 8.00. The summed E-state index contributed by atoms with van der Waals surface area (Å²) in [5, 5.41) is 11.1. The van der Waals surface area contributed by atoms with Crippen LogP contribution in [0, 0.1) is 6.92 Å². The summed E-state index contributed by atoms with van der Waals surface area (Å²) in [7, 11) is 1.96. The number of nitrogens with one attached hydrogen (secondary N) is 1. The molecule has 1 amide bonds. The van der Waals surface area contributed by atoms with Crippen molar-refractivity contribution in [1.29, 1.82) is 0 Å². The molecule has 0 aliphatic rings. The summed E-state index contributed by atoms with van der Waals surface area (Å²) < 4.78 is 0. The van der Waals surface area contributed by atoms with Crippen LogP contribution in [0.15, 0.2) is 60.1 Å². The number of anilines is 1. The predicted octanol–water partition coefficient (Wildman–Crippen LogP) is 3.66. The van der Waals surface area contributed by atoms with Crippen molar-refractivity contribution >= 4 is 22.4 Å². The summed E-state index contributed by atoms with van der Waals surface area (Å²) in [6.07, 6.45) is 0. The molecule has 5 nitrogen and oxygen atoms in total. The van der Waals surface area contributed by atoms with Gasteiger partial charge < -0.3 is 0 Å². The fourth-order valence-electron chi connectivity index (χ4n) is 2.79. The maximum Gasteiger partial charge on any atom is 0.248 e. The Kier molecular flexibility index (Phi) is 5.53. The summed E-state index contributed by atoms with van der Waals surface area (Å²) >= 11 is 1.31. The van der Waals surface area contributed by atoms with Crippen LogP contribution in [0.25, 0.3) is 0 Å². The van der Waals surface area contributed by atoms with Crippen molar-refractivity contribution in [3.8, 4) is 0 Å². The van der Waals surface area contributed by atoms with Gasteiger partial charge in [-0.2, -0.15) is 0 Å². The third kappa shape index (κ3) is 4.29. The monoisotopic (exact) mass is 352 g/mol. The van der Waals surface area contributed by atoms with Crippen molar-refractivity contribution in [3.05, 3.63) is 76.8 Å². The van der Waals surface area contributed by atoms with Crippen LogP contribution in [0.3, 0.4) is 0 Å². The summed E-state index contributed by atoms with van der Waals surface area (Å²) in [6, 6.07) is 17.6. The average molecular weight is 352 g/mol. The number of hydrogen-bond acceptors (Lipinski definition) is 5. The molecule has 0 radical (unpaired) electrons. The van der Waals surface area contributed by atoms with E-state index >= 15 is 0 Å². The van der Waals surface area contributed by atoms with E-state index in [1.165, 1.54) is 22.5 Å². The molecule has 6 heteroatoms. The van der Waals surface area contributed by atoms with Gasteiger partial charge in [-0.3, -0.25) is 15.0 Å². The van der Waals surface area contributed by atoms with Crippen molar-refractivity contribution < 1.29 is 4.79 Å². The number of rotatable bonds is 6. The van der Waals surface area contributed by atoms with Crippen molar-refractivity contribution in [3.63, 3.8) is 0 Å². The molecule has 1 atom stereocenters. The van der Waals surface area contributed by atoms with Gasteiger partial charge in [0.2, 0.25) is 11.0 Å². The molecule has 2 aromatic carbocycles. The number of amides is 1. The van der Waals surface area contributed by atoms with E-state index in [0.717, 1.165) is 5.56 Å². The molecule has 0 saturated heterocycles. The number of carbonyl (C=O) groups excluding carboxylic acids is 1. The molecule has 0 fully saturated rings. The van der Waals surface area contributed by atoms with Crippen LogP contribution in [0.5, 0.6) is 0 Å². The molecule has 3 aromatic rings. The zero-order chi connectivity index (χ0) is 17.6. The molecule has 0 aliphatic heterocycles. The van der Waals surface area contributed by atoms with Crippen LogP contribution < -0.4 is 5.32 Å². The van der Waals surface area contributed by atoms with Gasteiger partial charge in [0.05, 0.1) is 0 Å². The highest BCUT2D eigenvalue weighted by Crippen LogP contribution is 2.24. The average Bonchev–Trinajstić information content (AvgIpc) is 3.11. The molecule has 1 N–H and O–H groups in total. The van der Waals surface area contributed by atoms with E-state index in [2.05, 4.69) is 34.6 Å². The maximum atomic E-state index is 12.9. The second-order valence-corrected chi connectivity index (χ2v) is 6.72. The van der Waals surface area contributed by atoms with Gasteiger partial charge in [0.25, 0.3) is 0 Å². The highest BCUT2D eigenvalue weighted by Gasteiger charge is 2.26. The highest BCUT2D eigenvalue weighted by molar-refractivity contribution is 7.13. The summed E-state index contributed by atoms with van der Waals surface area (Å²) in [5.41, 5.74) is 4.96. The van der Waals surface area contributed by atoms with Crippen molar-refractivity contribution in [2.75, 3.05) is 12.4 Å². The lowest BCUT2D eigenvalue weighted by Gasteiger charge is -2.27. The highest BCUT2D eigenvalue weighted by atomic mass is 32.1. The number of likely N-dealkylation sites (N-methyl/N-ethyl adjacent to an activating group) is 1. The van der Waals surface area contributed by atoms with Crippen molar-refractivity contribution in [1.82, 2.24) is 15.1 Å². The molecular weight excluding hydrogens is 332 g/mol. The van der Waals surface area contributed by atoms with E-state index in [4.69, 9.17) is 0 Å². The molecule has 1 heterocycles. The van der Waals surface area contributed by atoms with E-state index in [1.54, 1.807) is 5.51 Å². The van der Waals surface area contributed by atoms with E-state index in [-0.39, 0.29) is 5.91 Å². The summed E-state index contributed by atoms with van der Waals surface area (Å²) in [4.78, 5) is 15.0. The lowest BCUT2D eigenvalue weighted by molar-refractivity contribution is -0.121. The number of carbonyl (C=O) groups is 1. The molecule has 0 saturated carbocycles. The second-order valence-electron chi connectivity index (χ2n) is 5.89. The normalized spacial score (nSPS) is 12.1. The number of benzene rings is 2. The molecule has 1 unspecified atom stereocenters. The van der Waals surface area contributed by atoms with Gasteiger partial charge in [0, 0.05) is 6.54 Å². The SMILES string of the molecule is Cc1ccccc1CN(C)C(C(=O)Nc1nncs1)c1ccccc1. The number of aryl methyl sites for hydroxylation is 1. The Balaban J connectivity index is 1.85. The molecule has 0 aliphatic carbocycles. The first kappa shape index (κ1) is 17.3. The third-order valence-electron chi connectivity index (χ3n) is 4.08. The smallest absolute Gasteiger partial charge is 0.248 e. The number of aromatic nitrogens is 2. The van der Waals surface area contributed by atoms with Gasteiger partial charge in [-0.05, 0) is 30.7 Å². The fourth-order valence-corrected chi connectivity index (χ4v) is 3.24. The van der Waals surface area contributed by atoms with Crippen LogP contribution in [0.4, 0.5) is 5.13 Å². The Morgan fingerprint density at radius 1 is 1.16 bits per heavy atom. The molecule has 128 valence electrons. The molecule has 1 aromatic heterocycles. The molecule has 0 bridgehead atoms. The summed E-state index contributed by atoms with van der Waals surface area (Å²) in [6.45, 7) is 2.76. The van der Waals surface area contributed by atoms with Crippen LogP contribution in [-0.2, 0) is 11.3 Å².